The van der Waals surface area contributed by atoms with E-state index in [9.17, 15) is 4.79 Å². The number of nitrogens with zero attached hydrogens (tertiary/aromatic N) is 1. The van der Waals surface area contributed by atoms with Crippen molar-refractivity contribution in [1.29, 1.82) is 0 Å². The zero-order chi connectivity index (χ0) is 15.4. The first-order valence-electron chi connectivity index (χ1n) is 7.11. The molecule has 0 saturated heterocycles. The van der Waals surface area contributed by atoms with E-state index in [4.69, 9.17) is 10.2 Å². The van der Waals surface area contributed by atoms with Crippen molar-refractivity contribution in [3.05, 3.63) is 35.7 Å². The van der Waals surface area contributed by atoms with Gasteiger partial charge in [0.15, 0.2) is 0 Å². The van der Waals surface area contributed by atoms with Crippen LogP contribution in [0.25, 0.3) is 11.5 Å². The topological polar surface area (TPSA) is 81.2 Å². The number of benzene rings is 1. The second kappa shape index (κ2) is 6.54. The molecule has 0 aliphatic carbocycles. The lowest BCUT2D eigenvalue weighted by Crippen LogP contribution is -2.35. The van der Waals surface area contributed by atoms with Crippen LogP contribution in [0.15, 0.2) is 28.9 Å². The van der Waals surface area contributed by atoms with E-state index in [1.54, 1.807) is 6.26 Å². The van der Waals surface area contributed by atoms with Gasteiger partial charge in [-0.25, -0.2) is 4.98 Å². The number of nitrogens with one attached hydrogen (secondary N) is 1. The Morgan fingerprint density at radius 3 is 2.81 bits per heavy atom. The Labute approximate surface area is 124 Å². The molecule has 1 atom stereocenters. The van der Waals surface area contributed by atoms with Crippen LogP contribution in [0.4, 0.5) is 5.69 Å². The molecule has 1 unspecified atom stereocenters. The molecule has 0 saturated carbocycles. The Morgan fingerprint density at radius 1 is 1.43 bits per heavy atom. The van der Waals surface area contributed by atoms with Crippen LogP contribution in [0.2, 0.25) is 0 Å². The average molecular weight is 287 g/mol. The lowest BCUT2D eigenvalue weighted by Gasteiger charge is -2.13. The number of aryl methyl sites for hydroxylation is 2. The molecule has 0 radical (unpaired) electrons. The largest absolute Gasteiger partial charge is 0.444 e. The molecule has 21 heavy (non-hydrogen) atoms. The number of carbonyl (C=O) groups is 1. The molecular formula is C16H21N3O2. The number of hydrogen-bond acceptors (Lipinski definition) is 4. The maximum Gasteiger partial charge on any atom is 0.241 e. The Balaban J connectivity index is 2.21. The monoisotopic (exact) mass is 287 g/mol. The second-order valence-corrected chi connectivity index (χ2v) is 5.21. The Kier molecular flexibility index (Phi) is 4.75. The number of nitrogens with two attached hydrogens (primary N) is 1. The molecule has 0 aliphatic heterocycles. The van der Waals surface area contributed by atoms with Gasteiger partial charge in [-0.2, -0.15) is 0 Å². The van der Waals surface area contributed by atoms with E-state index in [1.165, 1.54) is 0 Å². The summed E-state index contributed by atoms with van der Waals surface area (Å²) < 4.78 is 5.39. The molecule has 1 amide bonds. The van der Waals surface area contributed by atoms with Crippen LogP contribution < -0.4 is 11.1 Å². The molecule has 2 rings (SSSR count). The number of rotatable bonds is 5. The summed E-state index contributed by atoms with van der Waals surface area (Å²) in [6.45, 7) is 5.81. The Morgan fingerprint density at radius 2 is 2.19 bits per heavy atom. The smallest absolute Gasteiger partial charge is 0.241 e. The van der Waals surface area contributed by atoms with E-state index in [1.807, 2.05) is 39.0 Å². The summed E-state index contributed by atoms with van der Waals surface area (Å²) in [7, 11) is 0. The van der Waals surface area contributed by atoms with Crippen molar-refractivity contribution in [2.75, 3.05) is 5.32 Å². The third kappa shape index (κ3) is 3.70. The number of anilines is 1. The van der Waals surface area contributed by atoms with Crippen molar-refractivity contribution < 1.29 is 9.21 Å². The molecular weight excluding hydrogens is 266 g/mol. The van der Waals surface area contributed by atoms with Crippen LogP contribution in [-0.2, 0) is 4.79 Å². The molecule has 5 nitrogen and oxygen atoms in total. The summed E-state index contributed by atoms with van der Waals surface area (Å²) in [5.41, 5.74) is 9.19. The third-order valence-corrected chi connectivity index (χ3v) is 3.30. The maximum atomic E-state index is 12.0. The molecule has 0 fully saturated rings. The molecule has 0 spiro atoms. The normalized spacial score (nSPS) is 12.2. The zero-order valence-electron chi connectivity index (χ0n) is 12.6. The second-order valence-electron chi connectivity index (χ2n) is 5.21. The molecule has 5 heteroatoms. The number of hydrogen-bond donors (Lipinski definition) is 2. The van der Waals surface area contributed by atoms with Crippen LogP contribution in [0.1, 0.15) is 31.0 Å². The Hall–Kier alpha value is -2.14. The van der Waals surface area contributed by atoms with Gasteiger partial charge in [0.05, 0.1) is 11.7 Å². The highest BCUT2D eigenvalue weighted by atomic mass is 16.3. The van der Waals surface area contributed by atoms with Gasteiger partial charge in [-0.15, -0.1) is 0 Å². The van der Waals surface area contributed by atoms with Gasteiger partial charge in [-0.05, 0) is 38.0 Å². The van der Waals surface area contributed by atoms with E-state index in [0.717, 1.165) is 28.9 Å². The SMILES string of the molecule is CCCC(N)C(=O)Nc1cc(-c2nc(C)co2)ccc1C. The van der Waals surface area contributed by atoms with E-state index >= 15 is 0 Å². The van der Waals surface area contributed by atoms with Crippen molar-refractivity contribution in [2.45, 2.75) is 39.7 Å². The minimum atomic E-state index is -0.484. The van der Waals surface area contributed by atoms with Gasteiger partial charge in [0.2, 0.25) is 11.8 Å². The minimum absolute atomic E-state index is 0.166. The van der Waals surface area contributed by atoms with Gasteiger partial charge < -0.3 is 15.5 Å². The molecule has 1 heterocycles. The predicted molar refractivity (Wildman–Crippen MR) is 82.9 cm³/mol. The highest BCUT2D eigenvalue weighted by Crippen LogP contribution is 2.25. The van der Waals surface area contributed by atoms with Crippen molar-refractivity contribution in [1.82, 2.24) is 4.98 Å². The lowest BCUT2D eigenvalue weighted by atomic mass is 10.1. The molecule has 1 aromatic heterocycles. The van der Waals surface area contributed by atoms with Gasteiger partial charge in [0.25, 0.3) is 0 Å². The summed E-state index contributed by atoms with van der Waals surface area (Å²) >= 11 is 0. The molecule has 112 valence electrons. The van der Waals surface area contributed by atoms with Crippen LogP contribution in [0.5, 0.6) is 0 Å². The van der Waals surface area contributed by atoms with Crippen molar-refractivity contribution in [3.8, 4) is 11.5 Å². The van der Waals surface area contributed by atoms with Gasteiger partial charge >= 0.3 is 0 Å². The molecule has 0 aliphatic rings. The molecule has 0 bridgehead atoms. The van der Waals surface area contributed by atoms with Gasteiger partial charge in [-0.1, -0.05) is 19.4 Å². The van der Waals surface area contributed by atoms with E-state index in [-0.39, 0.29) is 5.91 Å². The quantitative estimate of drug-likeness (QED) is 0.885. The summed E-state index contributed by atoms with van der Waals surface area (Å²) in [4.78, 5) is 16.3. The van der Waals surface area contributed by atoms with Crippen LogP contribution >= 0.6 is 0 Å². The first kappa shape index (κ1) is 15.3. The number of amides is 1. The number of carbonyl (C=O) groups excluding carboxylic acids is 1. The maximum absolute atomic E-state index is 12.0. The fourth-order valence-corrected chi connectivity index (χ4v) is 2.04. The van der Waals surface area contributed by atoms with E-state index in [2.05, 4.69) is 10.3 Å². The van der Waals surface area contributed by atoms with Crippen molar-refractivity contribution in [3.63, 3.8) is 0 Å². The fraction of sp³-hybridized carbons (Fsp3) is 0.375. The standard InChI is InChI=1S/C16H21N3O2/c1-4-5-13(17)15(20)19-14-8-12(7-6-10(14)2)16-18-11(3)9-21-16/h6-9,13H,4-5,17H2,1-3H3,(H,19,20). The summed E-state index contributed by atoms with van der Waals surface area (Å²) in [6, 6.07) is 5.22. The minimum Gasteiger partial charge on any atom is -0.444 e. The lowest BCUT2D eigenvalue weighted by molar-refractivity contribution is -0.117. The van der Waals surface area contributed by atoms with Gasteiger partial charge in [0, 0.05) is 11.3 Å². The van der Waals surface area contributed by atoms with Gasteiger partial charge in [0.1, 0.15) is 6.26 Å². The average Bonchev–Trinajstić information content (AvgIpc) is 2.88. The highest BCUT2D eigenvalue weighted by molar-refractivity contribution is 5.95. The predicted octanol–water partition coefficient (Wildman–Crippen LogP) is 3.02. The summed E-state index contributed by atoms with van der Waals surface area (Å²) in [6.07, 6.45) is 3.15. The van der Waals surface area contributed by atoms with Gasteiger partial charge in [-0.3, -0.25) is 4.79 Å². The number of oxazole rings is 1. The zero-order valence-corrected chi connectivity index (χ0v) is 12.6. The molecule has 3 N–H and O–H groups in total. The highest BCUT2D eigenvalue weighted by Gasteiger charge is 2.14. The van der Waals surface area contributed by atoms with E-state index < -0.39 is 6.04 Å². The molecule has 2 aromatic rings. The van der Waals surface area contributed by atoms with Crippen molar-refractivity contribution in [2.24, 2.45) is 5.73 Å². The number of aromatic nitrogens is 1. The summed E-state index contributed by atoms with van der Waals surface area (Å²) in [5, 5.41) is 2.88. The van der Waals surface area contributed by atoms with Crippen LogP contribution in [0, 0.1) is 13.8 Å². The Bertz CT molecular complexity index is 634. The first-order chi connectivity index (χ1) is 10.0. The van der Waals surface area contributed by atoms with Crippen LogP contribution in [0.3, 0.4) is 0 Å². The first-order valence-corrected chi connectivity index (χ1v) is 7.11. The van der Waals surface area contributed by atoms with Crippen LogP contribution in [-0.4, -0.2) is 16.9 Å². The fourth-order valence-electron chi connectivity index (χ4n) is 2.04. The van der Waals surface area contributed by atoms with Crippen molar-refractivity contribution >= 4 is 11.6 Å². The third-order valence-electron chi connectivity index (χ3n) is 3.30. The molecule has 1 aromatic carbocycles. The van der Waals surface area contributed by atoms with E-state index in [0.29, 0.717) is 12.3 Å². The summed E-state index contributed by atoms with van der Waals surface area (Å²) in [5.74, 6) is 0.376.